The van der Waals surface area contributed by atoms with E-state index in [4.69, 9.17) is 0 Å². The largest absolute Gasteiger partial charge is 0.711 e. The summed E-state index contributed by atoms with van der Waals surface area (Å²) in [5.74, 6) is 0.444. The van der Waals surface area contributed by atoms with Crippen molar-refractivity contribution in [2.24, 2.45) is 0 Å². The lowest BCUT2D eigenvalue weighted by Crippen LogP contribution is -2.39. The van der Waals surface area contributed by atoms with Crippen LogP contribution < -0.4 is 14.5 Å². The first-order valence-electron chi connectivity index (χ1n) is 8.83. The van der Waals surface area contributed by atoms with Crippen LogP contribution in [0.4, 0.5) is 11.5 Å². The number of aryl methyl sites for hydroxylation is 2. The number of hydrogen-bond acceptors (Lipinski definition) is 5. The summed E-state index contributed by atoms with van der Waals surface area (Å²) >= 11 is 0. The van der Waals surface area contributed by atoms with Gasteiger partial charge in [0.15, 0.2) is 6.20 Å². The summed E-state index contributed by atoms with van der Waals surface area (Å²) in [6.07, 6.45) is 3.07. The van der Waals surface area contributed by atoms with E-state index >= 15 is 0 Å². The Bertz CT molecular complexity index is 1130. The summed E-state index contributed by atoms with van der Waals surface area (Å²) in [4.78, 5) is 19.2. The molecule has 1 aliphatic rings. The topological polar surface area (TPSA) is 100.0 Å². The highest BCUT2D eigenvalue weighted by Gasteiger charge is 2.45. The predicted octanol–water partition coefficient (Wildman–Crippen LogP) is 1.98. The fourth-order valence-electron chi connectivity index (χ4n) is 3.36. The molecule has 0 bridgehead atoms. The molecule has 0 spiro atoms. The number of carbonyl (C=O) groups is 1. The number of nitrogens with zero attached hydrogens (tertiary/aromatic N) is 5. The third-order valence-electron chi connectivity index (χ3n) is 5.15. The molecule has 2 aromatic heterocycles. The molecule has 8 nitrogen and oxygen atoms in total. The number of fused-ring (bicyclic) bond motifs is 1. The second-order valence-electron chi connectivity index (χ2n) is 7.42. The molecule has 1 aromatic carbocycles. The zero-order valence-electron chi connectivity index (χ0n) is 16.0. The van der Waals surface area contributed by atoms with Gasteiger partial charge in [-0.05, 0) is 37.1 Å². The van der Waals surface area contributed by atoms with Crippen molar-refractivity contribution in [1.29, 1.82) is 0 Å². The molecule has 0 radical (unpaired) electrons. The van der Waals surface area contributed by atoms with Gasteiger partial charge in [-0.15, -0.1) is 0 Å². The normalized spacial score (nSPS) is 15.0. The van der Waals surface area contributed by atoms with E-state index in [9.17, 15) is 15.2 Å². The van der Waals surface area contributed by atoms with Crippen molar-refractivity contribution >= 4 is 17.4 Å². The van der Waals surface area contributed by atoms with Gasteiger partial charge in [-0.2, -0.15) is 0 Å². The zero-order valence-corrected chi connectivity index (χ0v) is 16.0. The molecule has 28 heavy (non-hydrogen) atoms. The van der Waals surface area contributed by atoms with E-state index in [2.05, 4.69) is 10.1 Å². The third-order valence-corrected chi connectivity index (χ3v) is 5.15. The molecule has 142 valence electrons. The van der Waals surface area contributed by atoms with Gasteiger partial charge in [0.05, 0.1) is 16.7 Å². The summed E-state index contributed by atoms with van der Waals surface area (Å²) in [5, 5.41) is 27.9. The minimum atomic E-state index is -0.766. The van der Waals surface area contributed by atoms with Crippen LogP contribution in [0.5, 0.6) is 0 Å². The van der Waals surface area contributed by atoms with Crippen LogP contribution in [0.2, 0.25) is 0 Å². The highest BCUT2D eigenvalue weighted by Crippen LogP contribution is 2.46. The Labute approximate surface area is 161 Å². The van der Waals surface area contributed by atoms with Crippen molar-refractivity contribution in [3.05, 3.63) is 70.2 Å². The van der Waals surface area contributed by atoms with Gasteiger partial charge in [-0.1, -0.05) is 22.0 Å². The number of carbonyl (C=O) groups excluding carboxylic acids is 1. The summed E-state index contributed by atoms with van der Waals surface area (Å²) in [6.45, 7) is 6.95. The Morgan fingerprint density at radius 1 is 1.07 bits per heavy atom. The van der Waals surface area contributed by atoms with Gasteiger partial charge >= 0.3 is 0 Å². The molecule has 0 unspecified atom stereocenters. The average molecular weight is 377 g/mol. The summed E-state index contributed by atoms with van der Waals surface area (Å²) < 4.78 is 0.706. The lowest BCUT2D eigenvalue weighted by molar-refractivity contribution is -0.674. The monoisotopic (exact) mass is 377 g/mol. The van der Waals surface area contributed by atoms with Crippen molar-refractivity contribution in [3.8, 4) is 11.1 Å². The minimum Gasteiger partial charge on any atom is -0.711 e. The van der Waals surface area contributed by atoms with Gasteiger partial charge in [0.25, 0.3) is 5.82 Å². The minimum absolute atomic E-state index is 0.170. The maximum absolute atomic E-state index is 13.1. The first-order valence-corrected chi connectivity index (χ1v) is 8.83. The highest BCUT2D eigenvalue weighted by molar-refractivity contribution is 6.12. The predicted molar refractivity (Wildman–Crippen MR) is 101 cm³/mol. The van der Waals surface area contributed by atoms with E-state index in [1.54, 1.807) is 32.2 Å². The Morgan fingerprint density at radius 2 is 1.82 bits per heavy atom. The first kappa shape index (κ1) is 17.8. The van der Waals surface area contributed by atoms with Crippen molar-refractivity contribution in [1.82, 2.24) is 10.1 Å². The molecule has 1 aliphatic heterocycles. The van der Waals surface area contributed by atoms with E-state index in [0.29, 0.717) is 32.3 Å². The van der Waals surface area contributed by atoms with Crippen molar-refractivity contribution in [2.75, 3.05) is 4.90 Å². The molecule has 0 aliphatic carbocycles. The number of aromatic nitrogens is 4. The van der Waals surface area contributed by atoms with Gasteiger partial charge in [0.2, 0.25) is 17.4 Å². The Hall–Kier alpha value is -3.55. The van der Waals surface area contributed by atoms with Gasteiger partial charge in [0.1, 0.15) is 6.20 Å². The molecule has 0 fully saturated rings. The molecule has 0 atom stereocenters. The summed E-state index contributed by atoms with van der Waals surface area (Å²) in [5.41, 5.74) is 2.52. The number of rotatable bonds is 2. The van der Waals surface area contributed by atoms with E-state index in [0.717, 1.165) is 11.1 Å². The number of anilines is 2. The van der Waals surface area contributed by atoms with Crippen LogP contribution in [0.15, 0.2) is 42.7 Å². The molecule has 4 rings (SSSR count). The molecule has 8 heteroatoms. The molecular formula is C20H19N5O3. The number of benzene rings is 1. The highest BCUT2D eigenvalue weighted by atomic mass is 16.5. The maximum Gasteiger partial charge on any atom is 0.298 e. The second kappa shape index (κ2) is 5.98. The maximum atomic E-state index is 13.1. The third kappa shape index (κ3) is 2.57. The Morgan fingerprint density at radius 3 is 2.50 bits per heavy atom. The fourth-order valence-corrected chi connectivity index (χ4v) is 3.36. The Kier molecular flexibility index (Phi) is 3.81. The number of hydrogen-bond donors (Lipinski definition) is 0. The van der Waals surface area contributed by atoms with Gasteiger partial charge in [-0.25, -0.2) is 4.73 Å². The fraction of sp³-hybridized carbons (Fsp3) is 0.250. The molecule has 3 aromatic rings. The molecule has 0 saturated heterocycles. The molecule has 1 amide bonds. The van der Waals surface area contributed by atoms with Crippen LogP contribution in [0.3, 0.4) is 0 Å². The van der Waals surface area contributed by atoms with Crippen LogP contribution in [0, 0.1) is 24.3 Å². The van der Waals surface area contributed by atoms with Crippen molar-refractivity contribution in [3.63, 3.8) is 0 Å². The van der Waals surface area contributed by atoms with Gasteiger partial charge in [-0.3, -0.25) is 9.69 Å². The zero-order chi connectivity index (χ0) is 20.2. The summed E-state index contributed by atoms with van der Waals surface area (Å²) in [7, 11) is 0. The lowest BCUT2D eigenvalue weighted by atomic mass is 9.85. The van der Waals surface area contributed by atoms with E-state index in [-0.39, 0.29) is 11.7 Å². The van der Waals surface area contributed by atoms with E-state index in [1.807, 2.05) is 32.0 Å². The van der Waals surface area contributed by atoms with Gasteiger partial charge < -0.3 is 10.4 Å². The lowest BCUT2D eigenvalue weighted by Gasteiger charge is -2.18. The average Bonchev–Trinajstić information content (AvgIpc) is 2.86. The van der Waals surface area contributed by atoms with Crippen molar-refractivity contribution in [2.45, 2.75) is 33.1 Å². The second-order valence-corrected chi connectivity index (χ2v) is 7.42. The molecule has 0 N–H and O–H groups in total. The molecule has 3 heterocycles. The summed E-state index contributed by atoms with van der Waals surface area (Å²) in [6, 6.07) is 8.84. The quantitative estimate of drug-likeness (QED) is 0.502. The first-order chi connectivity index (χ1) is 13.2. The smallest absolute Gasteiger partial charge is 0.298 e. The van der Waals surface area contributed by atoms with Gasteiger partial charge in [0, 0.05) is 25.0 Å². The SMILES string of the molecule is Cc1ncc(-c2ccc3c(c2)N(c2ccc(C)[n+]([O-])n2)C(=O)C3(C)C)c[n+]1[O-]. The molecular weight excluding hydrogens is 358 g/mol. The molecule has 0 saturated carbocycles. The van der Waals surface area contributed by atoms with Crippen LogP contribution in [-0.4, -0.2) is 16.0 Å². The van der Waals surface area contributed by atoms with Crippen LogP contribution in [0.25, 0.3) is 11.1 Å². The number of amides is 1. The van der Waals surface area contributed by atoms with Crippen molar-refractivity contribution < 1.29 is 14.4 Å². The Balaban J connectivity index is 1.89. The van der Waals surface area contributed by atoms with Crippen LogP contribution >= 0.6 is 0 Å². The van der Waals surface area contributed by atoms with E-state index in [1.165, 1.54) is 11.1 Å². The van der Waals surface area contributed by atoms with Crippen LogP contribution in [-0.2, 0) is 10.2 Å². The standard InChI is InChI=1S/C20H19N5O3/c1-12-5-8-18(22-25(12)28)24-17-9-14(15-10-21-13(2)23(27)11-15)6-7-16(17)20(3,4)19(24)26/h5-11H,1-4H3. The van der Waals surface area contributed by atoms with Crippen LogP contribution in [0.1, 0.15) is 30.9 Å². The van der Waals surface area contributed by atoms with E-state index < -0.39 is 5.41 Å².